The van der Waals surface area contributed by atoms with Crippen LogP contribution in [0.25, 0.3) is 0 Å². The van der Waals surface area contributed by atoms with Gasteiger partial charge >= 0.3 is 0 Å². The maximum Gasteiger partial charge on any atom is 0.135 e. The Labute approximate surface area is 141 Å². The molecule has 0 saturated carbocycles. The van der Waals surface area contributed by atoms with Crippen LogP contribution in [0.1, 0.15) is 11.1 Å². The molecule has 0 spiro atoms. The van der Waals surface area contributed by atoms with Gasteiger partial charge < -0.3 is 15.4 Å². The van der Waals surface area contributed by atoms with E-state index in [9.17, 15) is 0 Å². The molecular formula is C19H20N4O. The topological polar surface area (TPSA) is 59.1 Å². The lowest BCUT2D eigenvalue weighted by Crippen LogP contribution is -2.01. The van der Waals surface area contributed by atoms with Crippen molar-refractivity contribution in [2.75, 3.05) is 17.7 Å². The van der Waals surface area contributed by atoms with Gasteiger partial charge in [-0.25, -0.2) is 9.97 Å². The van der Waals surface area contributed by atoms with Gasteiger partial charge in [-0.15, -0.1) is 0 Å². The second kappa shape index (κ2) is 7.00. The van der Waals surface area contributed by atoms with E-state index in [0.29, 0.717) is 5.82 Å². The second-order valence-electron chi connectivity index (χ2n) is 5.54. The van der Waals surface area contributed by atoms with Crippen LogP contribution in [0.3, 0.4) is 0 Å². The summed E-state index contributed by atoms with van der Waals surface area (Å²) in [7, 11) is 1.65. The first-order valence-electron chi connectivity index (χ1n) is 7.72. The first-order valence-corrected chi connectivity index (χ1v) is 7.72. The number of aromatic nitrogens is 2. The van der Waals surface area contributed by atoms with Crippen molar-refractivity contribution in [3.8, 4) is 5.75 Å². The van der Waals surface area contributed by atoms with Gasteiger partial charge in [-0.3, -0.25) is 0 Å². The SMILES string of the molecule is COc1cccc(Nc2cc(Nc3c(C)cccc3C)ncn2)c1. The van der Waals surface area contributed by atoms with Gasteiger partial charge in [-0.05, 0) is 37.1 Å². The Hall–Kier alpha value is -3.08. The van der Waals surface area contributed by atoms with Crippen molar-refractivity contribution >= 4 is 23.0 Å². The molecule has 0 saturated heterocycles. The number of hydrogen-bond donors (Lipinski definition) is 2. The van der Waals surface area contributed by atoms with Crippen LogP contribution in [-0.4, -0.2) is 17.1 Å². The predicted molar refractivity (Wildman–Crippen MR) is 97.5 cm³/mol. The van der Waals surface area contributed by atoms with Crippen LogP contribution in [0.4, 0.5) is 23.0 Å². The molecule has 0 aliphatic heterocycles. The fourth-order valence-electron chi connectivity index (χ4n) is 2.48. The number of benzene rings is 2. The summed E-state index contributed by atoms with van der Waals surface area (Å²) in [6, 6.07) is 15.8. The zero-order chi connectivity index (χ0) is 16.9. The van der Waals surface area contributed by atoms with E-state index in [1.807, 2.05) is 36.4 Å². The Morgan fingerprint density at radius 2 is 1.50 bits per heavy atom. The number of ether oxygens (including phenoxy) is 1. The summed E-state index contributed by atoms with van der Waals surface area (Å²) < 4.78 is 5.24. The largest absolute Gasteiger partial charge is 0.497 e. The molecule has 1 heterocycles. The first kappa shape index (κ1) is 15.8. The van der Waals surface area contributed by atoms with E-state index >= 15 is 0 Å². The average Bonchev–Trinajstić information content (AvgIpc) is 2.59. The molecule has 0 aliphatic carbocycles. The highest BCUT2D eigenvalue weighted by Crippen LogP contribution is 2.25. The molecule has 5 nitrogen and oxygen atoms in total. The molecule has 1 aromatic heterocycles. The number of rotatable bonds is 5. The number of nitrogens with one attached hydrogen (secondary N) is 2. The van der Waals surface area contributed by atoms with Gasteiger partial charge in [0.2, 0.25) is 0 Å². The highest BCUT2D eigenvalue weighted by atomic mass is 16.5. The molecule has 3 aromatic rings. The Bertz CT molecular complexity index is 828. The molecule has 122 valence electrons. The third kappa shape index (κ3) is 3.63. The van der Waals surface area contributed by atoms with E-state index in [0.717, 1.165) is 22.9 Å². The van der Waals surface area contributed by atoms with Crippen LogP contribution in [0, 0.1) is 13.8 Å². The lowest BCUT2D eigenvalue weighted by molar-refractivity contribution is 0.415. The van der Waals surface area contributed by atoms with Crippen molar-refractivity contribution in [1.82, 2.24) is 9.97 Å². The minimum absolute atomic E-state index is 0.715. The van der Waals surface area contributed by atoms with Crippen LogP contribution in [0.15, 0.2) is 54.9 Å². The minimum atomic E-state index is 0.715. The summed E-state index contributed by atoms with van der Waals surface area (Å²) in [5.41, 5.74) is 4.33. The maximum absolute atomic E-state index is 5.24. The van der Waals surface area contributed by atoms with Gasteiger partial charge in [0.1, 0.15) is 23.7 Å². The molecular weight excluding hydrogens is 300 g/mol. The number of anilines is 4. The van der Waals surface area contributed by atoms with Crippen molar-refractivity contribution in [1.29, 1.82) is 0 Å². The van der Waals surface area contributed by atoms with E-state index < -0.39 is 0 Å². The summed E-state index contributed by atoms with van der Waals surface area (Å²) >= 11 is 0. The summed E-state index contributed by atoms with van der Waals surface area (Å²) in [6.07, 6.45) is 1.54. The molecule has 0 unspecified atom stereocenters. The molecule has 24 heavy (non-hydrogen) atoms. The lowest BCUT2D eigenvalue weighted by atomic mass is 10.1. The lowest BCUT2D eigenvalue weighted by Gasteiger charge is -2.13. The van der Waals surface area contributed by atoms with E-state index in [-0.39, 0.29) is 0 Å². The monoisotopic (exact) mass is 320 g/mol. The molecule has 2 N–H and O–H groups in total. The van der Waals surface area contributed by atoms with Crippen molar-refractivity contribution in [3.05, 3.63) is 66.0 Å². The molecule has 2 aromatic carbocycles. The van der Waals surface area contributed by atoms with Crippen LogP contribution in [-0.2, 0) is 0 Å². The molecule has 0 atom stereocenters. The van der Waals surface area contributed by atoms with E-state index in [1.54, 1.807) is 13.4 Å². The van der Waals surface area contributed by atoms with Crippen molar-refractivity contribution in [2.45, 2.75) is 13.8 Å². The Morgan fingerprint density at radius 3 is 2.21 bits per heavy atom. The number of para-hydroxylation sites is 1. The normalized spacial score (nSPS) is 10.3. The Balaban J connectivity index is 1.81. The van der Waals surface area contributed by atoms with Crippen LogP contribution in [0.2, 0.25) is 0 Å². The number of methoxy groups -OCH3 is 1. The summed E-state index contributed by atoms with van der Waals surface area (Å²) in [6.45, 7) is 4.15. The number of hydrogen-bond acceptors (Lipinski definition) is 5. The molecule has 0 amide bonds. The van der Waals surface area contributed by atoms with E-state index in [2.05, 4.69) is 46.6 Å². The van der Waals surface area contributed by atoms with Gasteiger partial charge in [0.25, 0.3) is 0 Å². The zero-order valence-electron chi connectivity index (χ0n) is 14.0. The standard InChI is InChI=1S/C19H20N4O/c1-13-6-4-7-14(2)19(13)23-18-11-17(20-12-21-18)22-15-8-5-9-16(10-15)24-3/h4-12H,1-3H3,(H2,20,21,22,23). The molecule has 3 rings (SSSR count). The predicted octanol–water partition coefficient (Wildman–Crippen LogP) is 4.59. The van der Waals surface area contributed by atoms with Crippen molar-refractivity contribution < 1.29 is 4.74 Å². The average molecular weight is 320 g/mol. The Morgan fingerprint density at radius 1 is 0.833 bits per heavy atom. The summed E-state index contributed by atoms with van der Waals surface area (Å²) in [5, 5.41) is 6.64. The van der Waals surface area contributed by atoms with Crippen molar-refractivity contribution in [2.24, 2.45) is 0 Å². The van der Waals surface area contributed by atoms with Crippen molar-refractivity contribution in [3.63, 3.8) is 0 Å². The molecule has 0 bridgehead atoms. The Kier molecular flexibility index (Phi) is 4.61. The zero-order valence-corrected chi connectivity index (χ0v) is 14.0. The van der Waals surface area contributed by atoms with Gasteiger partial charge in [-0.1, -0.05) is 24.3 Å². The molecule has 0 radical (unpaired) electrons. The molecule has 5 heteroatoms. The first-order chi connectivity index (χ1) is 11.7. The van der Waals surface area contributed by atoms with Crippen LogP contribution < -0.4 is 15.4 Å². The van der Waals surface area contributed by atoms with Gasteiger partial charge in [-0.2, -0.15) is 0 Å². The number of aryl methyl sites for hydroxylation is 2. The quantitative estimate of drug-likeness (QED) is 0.720. The third-order valence-corrected chi connectivity index (χ3v) is 3.74. The molecule has 0 fully saturated rings. The number of nitrogens with zero attached hydrogens (tertiary/aromatic N) is 2. The molecule has 0 aliphatic rings. The fraction of sp³-hybridized carbons (Fsp3) is 0.158. The third-order valence-electron chi connectivity index (χ3n) is 3.74. The van der Waals surface area contributed by atoms with E-state index in [1.165, 1.54) is 11.1 Å². The van der Waals surface area contributed by atoms with Gasteiger partial charge in [0, 0.05) is 23.5 Å². The minimum Gasteiger partial charge on any atom is -0.497 e. The highest BCUT2D eigenvalue weighted by Gasteiger charge is 2.05. The van der Waals surface area contributed by atoms with Gasteiger partial charge in [0.05, 0.1) is 7.11 Å². The summed E-state index contributed by atoms with van der Waals surface area (Å²) in [5.74, 6) is 2.25. The highest BCUT2D eigenvalue weighted by molar-refractivity contribution is 5.67. The second-order valence-corrected chi connectivity index (χ2v) is 5.54. The fourth-order valence-corrected chi connectivity index (χ4v) is 2.48. The maximum atomic E-state index is 5.24. The smallest absolute Gasteiger partial charge is 0.135 e. The van der Waals surface area contributed by atoms with Crippen LogP contribution in [0.5, 0.6) is 5.75 Å². The van der Waals surface area contributed by atoms with E-state index in [4.69, 9.17) is 4.74 Å². The van der Waals surface area contributed by atoms with Gasteiger partial charge in [0.15, 0.2) is 0 Å². The van der Waals surface area contributed by atoms with Crippen LogP contribution >= 0.6 is 0 Å². The summed E-state index contributed by atoms with van der Waals surface area (Å²) in [4.78, 5) is 8.58.